The molecule has 1 saturated heterocycles. The van der Waals surface area contributed by atoms with Gasteiger partial charge in [0, 0.05) is 46.1 Å². The maximum atomic E-state index is 12.1. The van der Waals surface area contributed by atoms with Crippen LogP contribution >= 0.6 is 0 Å². The number of urea groups is 1. The first kappa shape index (κ1) is 17.7. The van der Waals surface area contributed by atoms with E-state index in [1.54, 1.807) is 13.4 Å². The molecule has 1 aliphatic rings. The van der Waals surface area contributed by atoms with Gasteiger partial charge >= 0.3 is 6.03 Å². The molecule has 7 nitrogen and oxygen atoms in total. The highest BCUT2D eigenvalue weighted by Crippen LogP contribution is 2.18. The first-order valence-corrected chi connectivity index (χ1v) is 8.83. The highest BCUT2D eigenvalue weighted by atomic mass is 16.5. The van der Waals surface area contributed by atoms with Crippen LogP contribution in [0.1, 0.15) is 12.8 Å². The monoisotopic (exact) mass is 345 g/mol. The van der Waals surface area contributed by atoms with Gasteiger partial charge in [0.05, 0.1) is 17.4 Å². The molecule has 25 heavy (non-hydrogen) atoms. The van der Waals surface area contributed by atoms with Gasteiger partial charge in [-0.25, -0.2) is 9.78 Å². The fourth-order valence-corrected chi connectivity index (χ4v) is 3.33. The molecule has 1 aliphatic heterocycles. The fraction of sp³-hybridized carbons (Fsp3) is 0.556. The van der Waals surface area contributed by atoms with Gasteiger partial charge in [-0.1, -0.05) is 0 Å². The van der Waals surface area contributed by atoms with E-state index in [2.05, 4.69) is 20.5 Å². The van der Waals surface area contributed by atoms with Gasteiger partial charge in [-0.15, -0.1) is 0 Å². The molecule has 1 aromatic carbocycles. The van der Waals surface area contributed by atoms with Gasteiger partial charge in [-0.05, 0) is 43.5 Å². The number of imidazole rings is 1. The summed E-state index contributed by atoms with van der Waals surface area (Å²) in [5.41, 5.74) is 2.70. The number of aryl methyl sites for hydroxylation is 1. The zero-order chi connectivity index (χ0) is 17.6. The van der Waals surface area contributed by atoms with Crippen molar-refractivity contribution < 1.29 is 9.53 Å². The van der Waals surface area contributed by atoms with Crippen molar-refractivity contribution in [2.45, 2.75) is 12.8 Å². The van der Waals surface area contributed by atoms with Gasteiger partial charge in [0.15, 0.2) is 0 Å². The zero-order valence-corrected chi connectivity index (χ0v) is 15.0. The first-order valence-electron chi connectivity index (χ1n) is 8.83. The number of carbonyl (C=O) groups is 1. The minimum atomic E-state index is -0.153. The largest absolute Gasteiger partial charge is 0.385 e. The van der Waals surface area contributed by atoms with Crippen LogP contribution in [-0.4, -0.2) is 60.4 Å². The van der Waals surface area contributed by atoms with Crippen LogP contribution in [0.25, 0.3) is 11.0 Å². The molecule has 2 amide bonds. The third kappa shape index (κ3) is 4.70. The van der Waals surface area contributed by atoms with E-state index in [1.807, 2.05) is 29.8 Å². The van der Waals surface area contributed by atoms with E-state index in [9.17, 15) is 4.79 Å². The van der Waals surface area contributed by atoms with Crippen molar-refractivity contribution in [3.05, 3.63) is 24.5 Å². The second-order valence-electron chi connectivity index (χ2n) is 6.70. The zero-order valence-electron chi connectivity index (χ0n) is 15.0. The van der Waals surface area contributed by atoms with E-state index in [-0.39, 0.29) is 6.03 Å². The number of nitrogens with one attached hydrogen (secondary N) is 2. The predicted molar refractivity (Wildman–Crippen MR) is 98.8 cm³/mol. The maximum Gasteiger partial charge on any atom is 0.319 e. The lowest BCUT2D eigenvalue weighted by Crippen LogP contribution is -2.34. The molecule has 2 N–H and O–H groups in total. The van der Waals surface area contributed by atoms with E-state index in [1.165, 1.54) is 0 Å². The number of fused-ring (bicyclic) bond motifs is 1. The highest BCUT2D eigenvalue weighted by Gasteiger charge is 2.22. The number of anilines is 1. The van der Waals surface area contributed by atoms with Crippen LogP contribution in [0.15, 0.2) is 24.5 Å². The quantitative estimate of drug-likeness (QED) is 0.754. The summed E-state index contributed by atoms with van der Waals surface area (Å²) >= 11 is 0. The Hall–Kier alpha value is -2.12. The smallest absolute Gasteiger partial charge is 0.319 e. The second-order valence-corrected chi connectivity index (χ2v) is 6.70. The Morgan fingerprint density at radius 2 is 2.32 bits per heavy atom. The molecule has 0 saturated carbocycles. The Bertz CT molecular complexity index is 715. The lowest BCUT2D eigenvalue weighted by atomic mass is 10.1. The van der Waals surface area contributed by atoms with Crippen LogP contribution in [0.4, 0.5) is 10.5 Å². The molecule has 2 aromatic rings. The summed E-state index contributed by atoms with van der Waals surface area (Å²) in [4.78, 5) is 18.9. The number of rotatable bonds is 7. The van der Waals surface area contributed by atoms with Crippen molar-refractivity contribution >= 4 is 22.8 Å². The molecule has 0 aliphatic carbocycles. The summed E-state index contributed by atoms with van der Waals surface area (Å²) in [5, 5.41) is 5.90. The van der Waals surface area contributed by atoms with Crippen LogP contribution in [0.2, 0.25) is 0 Å². The van der Waals surface area contributed by atoms with E-state index in [4.69, 9.17) is 4.74 Å². The van der Waals surface area contributed by atoms with Crippen LogP contribution in [-0.2, 0) is 11.8 Å². The number of likely N-dealkylation sites (tertiary alicyclic amines) is 1. The van der Waals surface area contributed by atoms with Crippen LogP contribution in [0.5, 0.6) is 0 Å². The van der Waals surface area contributed by atoms with Crippen LogP contribution in [0, 0.1) is 5.92 Å². The molecule has 1 fully saturated rings. The van der Waals surface area contributed by atoms with E-state index < -0.39 is 0 Å². The first-order chi connectivity index (χ1) is 12.2. The Balaban J connectivity index is 1.42. The standard InChI is InChI=1S/C18H27N5O2/c1-22-13-20-16-5-4-15(10-17(16)22)21-18(24)19-11-14-6-8-23(12-14)7-3-9-25-2/h4-5,10,13-14H,3,6-9,11-12H2,1-2H3,(H2,19,21,24). The van der Waals surface area contributed by atoms with E-state index in [0.717, 1.165) is 55.8 Å². The number of carbonyl (C=O) groups excluding carboxylic acids is 1. The summed E-state index contributed by atoms with van der Waals surface area (Å²) in [6.07, 6.45) is 3.97. The second kappa shape index (κ2) is 8.31. The number of amides is 2. The van der Waals surface area contributed by atoms with E-state index in [0.29, 0.717) is 12.5 Å². The summed E-state index contributed by atoms with van der Waals surface area (Å²) in [6, 6.07) is 5.58. The van der Waals surface area contributed by atoms with Crippen molar-refractivity contribution in [2.24, 2.45) is 13.0 Å². The Morgan fingerprint density at radius 1 is 1.44 bits per heavy atom. The minimum absolute atomic E-state index is 0.153. The average molecular weight is 345 g/mol. The normalized spacial score (nSPS) is 17.9. The molecule has 1 aromatic heterocycles. The number of benzene rings is 1. The summed E-state index contributed by atoms with van der Waals surface area (Å²) in [5.74, 6) is 0.521. The van der Waals surface area contributed by atoms with Gasteiger partial charge < -0.3 is 24.8 Å². The van der Waals surface area contributed by atoms with Crippen molar-refractivity contribution in [3.8, 4) is 0 Å². The molecule has 0 spiro atoms. The van der Waals surface area contributed by atoms with Crippen LogP contribution in [0.3, 0.4) is 0 Å². The molecule has 136 valence electrons. The topological polar surface area (TPSA) is 71.4 Å². The lowest BCUT2D eigenvalue weighted by molar-refractivity contribution is 0.178. The van der Waals surface area contributed by atoms with Crippen molar-refractivity contribution in [1.82, 2.24) is 19.8 Å². The van der Waals surface area contributed by atoms with Gasteiger partial charge in [0.25, 0.3) is 0 Å². The van der Waals surface area contributed by atoms with Gasteiger partial charge in [-0.2, -0.15) is 0 Å². The minimum Gasteiger partial charge on any atom is -0.385 e. The molecule has 2 heterocycles. The molecule has 7 heteroatoms. The van der Waals surface area contributed by atoms with E-state index >= 15 is 0 Å². The highest BCUT2D eigenvalue weighted by molar-refractivity contribution is 5.91. The number of methoxy groups -OCH3 is 1. The molecule has 1 unspecified atom stereocenters. The third-order valence-corrected chi connectivity index (χ3v) is 4.73. The summed E-state index contributed by atoms with van der Waals surface area (Å²) < 4.78 is 7.04. The number of hydrogen-bond acceptors (Lipinski definition) is 4. The molecule has 3 rings (SSSR count). The number of nitrogens with zero attached hydrogens (tertiary/aromatic N) is 3. The van der Waals surface area contributed by atoms with Gasteiger partial charge in [0.2, 0.25) is 0 Å². The Kier molecular flexibility index (Phi) is 5.88. The Labute approximate surface area is 148 Å². The SMILES string of the molecule is COCCCN1CCC(CNC(=O)Nc2ccc3ncn(C)c3c2)C1. The molecular formula is C18H27N5O2. The Morgan fingerprint density at radius 3 is 3.16 bits per heavy atom. The number of hydrogen-bond donors (Lipinski definition) is 2. The molecule has 0 bridgehead atoms. The van der Waals surface area contributed by atoms with Crippen LogP contribution < -0.4 is 10.6 Å². The maximum absolute atomic E-state index is 12.1. The summed E-state index contributed by atoms with van der Waals surface area (Å²) in [7, 11) is 3.68. The molecular weight excluding hydrogens is 318 g/mol. The number of ether oxygens (including phenoxy) is 1. The van der Waals surface area contributed by atoms with Crippen molar-refractivity contribution in [3.63, 3.8) is 0 Å². The van der Waals surface area contributed by atoms with Crippen molar-refractivity contribution in [2.75, 3.05) is 45.2 Å². The van der Waals surface area contributed by atoms with Crippen molar-refractivity contribution in [1.29, 1.82) is 0 Å². The van der Waals surface area contributed by atoms with Gasteiger partial charge in [-0.3, -0.25) is 0 Å². The number of aromatic nitrogens is 2. The predicted octanol–water partition coefficient (Wildman–Crippen LogP) is 2.05. The fourth-order valence-electron chi connectivity index (χ4n) is 3.33. The molecule has 0 radical (unpaired) electrons. The molecule has 1 atom stereocenters. The third-order valence-electron chi connectivity index (χ3n) is 4.73. The summed E-state index contributed by atoms with van der Waals surface area (Å²) in [6.45, 7) is 4.74. The van der Waals surface area contributed by atoms with Gasteiger partial charge in [0.1, 0.15) is 0 Å². The lowest BCUT2D eigenvalue weighted by Gasteiger charge is -2.16. The average Bonchev–Trinajstić information content (AvgIpc) is 3.21.